The lowest BCUT2D eigenvalue weighted by Gasteiger charge is -2.11. The monoisotopic (exact) mass is 314 g/mol. The number of rotatable bonds is 4. The summed E-state index contributed by atoms with van der Waals surface area (Å²) in [6.45, 7) is 0.375. The minimum absolute atomic E-state index is 0.00389. The molecule has 22 heavy (non-hydrogen) atoms. The molecule has 2 aromatic rings. The number of carbonyl (C=O) groups excluding carboxylic acids is 1. The standard InChI is InChI=1S/C16H14N2O3S/c19-16(14-10-22-15-4-2-1-3-13(14)15)17-9-11-5-7-12(8-6-11)18(20)21/h1-8,14H,9-10H2,(H,17,19)/t14-/m0/s1. The van der Waals surface area contributed by atoms with Crippen LogP contribution in [0.25, 0.3) is 0 Å². The van der Waals surface area contributed by atoms with Gasteiger partial charge in [0.2, 0.25) is 5.91 Å². The number of nitrogens with zero attached hydrogens (tertiary/aromatic N) is 1. The van der Waals surface area contributed by atoms with Crippen molar-refractivity contribution in [2.24, 2.45) is 0 Å². The maximum absolute atomic E-state index is 12.3. The first-order valence-electron chi connectivity index (χ1n) is 6.88. The number of benzene rings is 2. The van der Waals surface area contributed by atoms with E-state index in [9.17, 15) is 14.9 Å². The van der Waals surface area contributed by atoms with Crippen LogP contribution in [0.1, 0.15) is 17.0 Å². The van der Waals surface area contributed by atoms with Crippen LogP contribution >= 0.6 is 11.8 Å². The number of amides is 1. The number of hydrogen-bond acceptors (Lipinski definition) is 4. The van der Waals surface area contributed by atoms with Gasteiger partial charge in [-0.1, -0.05) is 30.3 Å². The second kappa shape index (κ2) is 6.19. The first-order valence-corrected chi connectivity index (χ1v) is 7.86. The topological polar surface area (TPSA) is 72.2 Å². The third-order valence-electron chi connectivity index (χ3n) is 3.63. The van der Waals surface area contributed by atoms with Crippen LogP contribution in [0.3, 0.4) is 0 Å². The van der Waals surface area contributed by atoms with Gasteiger partial charge in [-0.05, 0) is 17.2 Å². The average Bonchev–Trinajstić information content (AvgIpc) is 2.97. The van der Waals surface area contributed by atoms with Crippen molar-refractivity contribution in [1.82, 2.24) is 5.32 Å². The number of non-ortho nitro benzene ring substituents is 1. The molecule has 1 aliphatic heterocycles. The van der Waals surface area contributed by atoms with Crippen molar-refractivity contribution in [1.29, 1.82) is 0 Å². The molecule has 0 saturated heterocycles. The summed E-state index contributed by atoms with van der Waals surface area (Å²) < 4.78 is 0. The zero-order valence-electron chi connectivity index (χ0n) is 11.7. The molecular weight excluding hydrogens is 300 g/mol. The number of fused-ring (bicyclic) bond motifs is 1. The van der Waals surface area contributed by atoms with Crippen LogP contribution in [-0.2, 0) is 11.3 Å². The summed E-state index contributed by atoms with van der Waals surface area (Å²) in [5, 5.41) is 13.5. The van der Waals surface area contributed by atoms with Crippen molar-refractivity contribution in [3.05, 3.63) is 69.8 Å². The quantitative estimate of drug-likeness (QED) is 0.695. The molecule has 1 atom stereocenters. The van der Waals surface area contributed by atoms with Gasteiger partial charge in [0.05, 0.1) is 10.8 Å². The second-order valence-corrected chi connectivity index (χ2v) is 6.10. The van der Waals surface area contributed by atoms with E-state index in [1.807, 2.05) is 24.3 Å². The van der Waals surface area contributed by atoms with E-state index in [0.29, 0.717) is 6.54 Å². The summed E-state index contributed by atoms with van der Waals surface area (Å²) in [5.74, 6) is 0.626. The van der Waals surface area contributed by atoms with Crippen molar-refractivity contribution in [3.8, 4) is 0 Å². The van der Waals surface area contributed by atoms with Crippen LogP contribution in [0.4, 0.5) is 5.69 Å². The molecule has 5 nitrogen and oxygen atoms in total. The van der Waals surface area contributed by atoms with Crippen molar-refractivity contribution in [2.45, 2.75) is 17.4 Å². The Morgan fingerprint density at radius 2 is 1.95 bits per heavy atom. The molecule has 0 aromatic heterocycles. The smallest absolute Gasteiger partial charge is 0.269 e. The Morgan fingerprint density at radius 1 is 1.23 bits per heavy atom. The molecule has 112 valence electrons. The molecule has 1 aliphatic rings. The van der Waals surface area contributed by atoms with Crippen LogP contribution in [0.2, 0.25) is 0 Å². The second-order valence-electron chi connectivity index (χ2n) is 5.04. The fourth-order valence-electron chi connectivity index (χ4n) is 2.43. The van der Waals surface area contributed by atoms with Gasteiger partial charge in [0, 0.05) is 29.3 Å². The summed E-state index contributed by atoms with van der Waals surface area (Å²) in [6, 6.07) is 14.2. The Hall–Kier alpha value is -2.34. The van der Waals surface area contributed by atoms with Gasteiger partial charge < -0.3 is 5.32 Å². The molecule has 1 amide bonds. The van der Waals surface area contributed by atoms with Gasteiger partial charge >= 0.3 is 0 Å². The molecule has 0 fully saturated rings. The van der Waals surface area contributed by atoms with Crippen LogP contribution in [0.15, 0.2) is 53.4 Å². The predicted octanol–water partition coefficient (Wildman–Crippen LogP) is 3.10. The Bertz CT molecular complexity index is 716. The molecule has 0 unspecified atom stereocenters. The van der Waals surface area contributed by atoms with E-state index in [4.69, 9.17) is 0 Å². The summed E-state index contributed by atoms with van der Waals surface area (Å²) in [6.07, 6.45) is 0. The highest BCUT2D eigenvalue weighted by Gasteiger charge is 2.28. The molecule has 1 N–H and O–H groups in total. The zero-order valence-corrected chi connectivity index (χ0v) is 12.5. The number of thioether (sulfide) groups is 1. The van der Waals surface area contributed by atoms with Crippen molar-refractivity contribution in [3.63, 3.8) is 0 Å². The van der Waals surface area contributed by atoms with E-state index in [1.165, 1.54) is 12.1 Å². The molecule has 0 spiro atoms. The van der Waals surface area contributed by atoms with E-state index in [-0.39, 0.29) is 17.5 Å². The molecule has 2 aromatic carbocycles. The summed E-state index contributed by atoms with van der Waals surface area (Å²) in [5.41, 5.74) is 1.97. The number of nitro benzene ring substituents is 1. The Labute approximate surface area is 131 Å². The number of hydrogen-bond donors (Lipinski definition) is 1. The van der Waals surface area contributed by atoms with E-state index in [2.05, 4.69) is 5.32 Å². The van der Waals surface area contributed by atoms with Crippen LogP contribution < -0.4 is 5.32 Å². The lowest BCUT2D eigenvalue weighted by atomic mass is 10.0. The highest BCUT2D eigenvalue weighted by molar-refractivity contribution is 7.99. The number of carbonyl (C=O) groups is 1. The minimum Gasteiger partial charge on any atom is -0.351 e. The molecule has 1 heterocycles. The normalized spacial score (nSPS) is 16.1. The van der Waals surface area contributed by atoms with Crippen molar-refractivity contribution in [2.75, 3.05) is 5.75 Å². The first-order chi connectivity index (χ1) is 10.6. The molecule has 0 bridgehead atoms. The molecule has 0 radical (unpaired) electrons. The van der Waals surface area contributed by atoms with Crippen LogP contribution in [-0.4, -0.2) is 16.6 Å². The Kier molecular flexibility index (Phi) is 4.11. The molecule has 6 heteroatoms. The fraction of sp³-hybridized carbons (Fsp3) is 0.188. The molecule has 0 saturated carbocycles. The molecule has 3 rings (SSSR count). The van der Waals surface area contributed by atoms with Gasteiger partial charge in [0.25, 0.3) is 5.69 Å². The zero-order chi connectivity index (χ0) is 15.5. The van der Waals surface area contributed by atoms with E-state index >= 15 is 0 Å². The van der Waals surface area contributed by atoms with Gasteiger partial charge in [-0.15, -0.1) is 11.8 Å². The highest BCUT2D eigenvalue weighted by Crippen LogP contribution is 2.39. The van der Waals surface area contributed by atoms with Gasteiger partial charge in [0.15, 0.2) is 0 Å². The van der Waals surface area contributed by atoms with Crippen LogP contribution in [0.5, 0.6) is 0 Å². The van der Waals surface area contributed by atoms with Gasteiger partial charge in [-0.25, -0.2) is 0 Å². The van der Waals surface area contributed by atoms with Gasteiger partial charge in [-0.2, -0.15) is 0 Å². The number of nitro groups is 1. The third-order valence-corrected chi connectivity index (χ3v) is 4.81. The summed E-state index contributed by atoms with van der Waals surface area (Å²) >= 11 is 1.70. The third kappa shape index (κ3) is 2.96. The highest BCUT2D eigenvalue weighted by atomic mass is 32.2. The number of nitrogens with one attached hydrogen (secondary N) is 1. The maximum Gasteiger partial charge on any atom is 0.269 e. The lowest BCUT2D eigenvalue weighted by Crippen LogP contribution is -2.29. The van der Waals surface area contributed by atoms with E-state index in [0.717, 1.165) is 21.8 Å². The Balaban J connectivity index is 1.62. The van der Waals surface area contributed by atoms with E-state index in [1.54, 1.807) is 23.9 Å². The minimum atomic E-state index is -0.435. The molecular formula is C16H14N2O3S. The summed E-state index contributed by atoms with van der Waals surface area (Å²) in [7, 11) is 0. The maximum atomic E-state index is 12.3. The lowest BCUT2D eigenvalue weighted by molar-refractivity contribution is -0.384. The van der Waals surface area contributed by atoms with Crippen molar-refractivity contribution >= 4 is 23.4 Å². The van der Waals surface area contributed by atoms with E-state index < -0.39 is 4.92 Å². The Morgan fingerprint density at radius 3 is 2.68 bits per heavy atom. The summed E-state index contributed by atoms with van der Waals surface area (Å²) in [4.78, 5) is 23.7. The largest absolute Gasteiger partial charge is 0.351 e. The predicted molar refractivity (Wildman–Crippen MR) is 84.9 cm³/mol. The first kappa shape index (κ1) is 14.6. The van der Waals surface area contributed by atoms with Crippen molar-refractivity contribution < 1.29 is 9.72 Å². The molecule has 0 aliphatic carbocycles. The van der Waals surface area contributed by atoms with Crippen LogP contribution in [0, 0.1) is 10.1 Å². The van der Waals surface area contributed by atoms with Gasteiger partial charge in [-0.3, -0.25) is 14.9 Å². The average molecular weight is 314 g/mol. The van der Waals surface area contributed by atoms with Gasteiger partial charge in [0.1, 0.15) is 0 Å². The SMILES string of the molecule is O=C(NCc1ccc([N+](=O)[O-])cc1)[C@H]1CSc2ccccc21. The fourth-order valence-corrected chi connectivity index (χ4v) is 3.66.